The molecule has 0 aliphatic carbocycles. The minimum absolute atomic E-state index is 0.204. The fraction of sp³-hybridized carbons (Fsp3) is 0.212. The van der Waals surface area contributed by atoms with E-state index in [0.717, 1.165) is 16.9 Å². The van der Waals surface area contributed by atoms with E-state index in [9.17, 15) is 14.4 Å². The summed E-state index contributed by atoms with van der Waals surface area (Å²) in [5, 5.41) is 5.89. The molecular weight excluding hydrogens is 548 g/mol. The first-order valence-corrected chi connectivity index (χ1v) is 14.6. The maximum Gasteiger partial charge on any atom is 0.311 e. The highest BCUT2D eigenvalue weighted by Gasteiger charge is 2.41. The van der Waals surface area contributed by atoms with Crippen LogP contribution in [0, 0.1) is 0 Å². The molecule has 0 N–H and O–H groups in total. The summed E-state index contributed by atoms with van der Waals surface area (Å²) < 4.78 is 7.74. The molecule has 0 saturated heterocycles. The topological polar surface area (TPSA) is 84.2 Å². The summed E-state index contributed by atoms with van der Waals surface area (Å²) in [5.41, 5.74) is 3.94. The smallest absolute Gasteiger partial charge is 0.311 e. The molecule has 0 radical (unpaired) electrons. The minimum Gasteiger partial charge on any atom is -0.466 e. The van der Waals surface area contributed by atoms with Gasteiger partial charge >= 0.3 is 5.97 Å². The van der Waals surface area contributed by atoms with Crippen molar-refractivity contribution < 1.29 is 14.3 Å². The molecule has 0 atom stereocenters. The van der Waals surface area contributed by atoms with Gasteiger partial charge in [0.25, 0.3) is 11.5 Å². The van der Waals surface area contributed by atoms with Crippen LogP contribution in [-0.2, 0) is 19.7 Å². The first kappa shape index (κ1) is 27.4. The van der Waals surface area contributed by atoms with Gasteiger partial charge in [-0.3, -0.25) is 19.0 Å². The molecule has 3 heterocycles. The Morgan fingerprint density at radius 2 is 1.52 bits per heavy atom. The number of rotatable bonds is 5. The van der Waals surface area contributed by atoms with E-state index in [1.165, 1.54) is 16.3 Å². The molecule has 2 aliphatic heterocycles. The average molecular weight is 579 g/mol. The first-order chi connectivity index (χ1) is 20.2. The fourth-order valence-corrected chi connectivity index (χ4v) is 7.23. The molecule has 8 nitrogen and oxygen atoms in total. The molecule has 9 heteroatoms. The van der Waals surface area contributed by atoms with Gasteiger partial charge < -0.3 is 9.64 Å². The molecule has 2 aliphatic rings. The lowest BCUT2D eigenvalue weighted by Crippen LogP contribution is -2.38. The van der Waals surface area contributed by atoms with Crippen LogP contribution in [0.5, 0.6) is 0 Å². The Bertz CT molecular complexity index is 1920. The summed E-state index contributed by atoms with van der Waals surface area (Å²) in [7, 11) is 1.97. The van der Waals surface area contributed by atoms with E-state index in [1.807, 2.05) is 73.8 Å². The van der Waals surface area contributed by atoms with Crippen LogP contribution in [0.4, 0.5) is 11.4 Å². The predicted molar refractivity (Wildman–Crippen MR) is 166 cm³/mol. The summed E-state index contributed by atoms with van der Waals surface area (Å²) in [6.45, 7) is 6.15. The largest absolute Gasteiger partial charge is 0.466 e. The summed E-state index contributed by atoms with van der Waals surface area (Å²) >= 11 is 1.25. The van der Waals surface area contributed by atoms with Gasteiger partial charge in [0.15, 0.2) is 0 Å². The van der Waals surface area contributed by atoms with Crippen molar-refractivity contribution in [3.63, 3.8) is 0 Å². The molecule has 0 saturated carbocycles. The summed E-state index contributed by atoms with van der Waals surface area (Å²) in [6, 6.07) is 26.4. The third kappa shape index (κ3) is 4.37. The van der Waals surface area contributed by atoms with Crippen LogP contribution in [-0.4, -0.2) is 35.8 Å². The normalized spacial score (nSPS) is 18.3. The van der Waals surface area contributed by atoms with E-state index in [4.69, 9.17) is 4.74 Å². The highest BCUT2D eigenvalue weighted by atomic mass is 32.1. The second-order valence-electron chi connectivity index (χ2n) is 10.6. The number of fused-ring (bicyclic) bond motifs is 1. The van der Waals surface area contributed by atoms with Crippen LogP contribution in [0.2, 0.25) is 0 Å². The second-order valence-corrected chi connectivity index (χ2v) is 11.6. The number of carbonyl (C=O) groups is 2. The molecule has 4 aromatic rings. The van der Waals surface area contributed by atoms with Crippen LogP contribution >= 0.6 is 11.3 Å². The number of para-hydroxylation sites is 3. The van der Waals surface area contributed by atoms with Gasteiger partial charge in [-0.2, -0.15) is 10.1 Å². The maximum atomic E-state index is 14.5. The second kappa shape index (κ2) is 10.6. The Labute approximate surface area is 247 Å². The molecule has 0 bridgehead atoms. The van der Waals surface area contributed by atoms with E-state index in [2.05, 4.69) is 29.9 Å². The third-order valence-corrected chi connectivity index (χ3v) is 8.79. The van der Waals surface area contributed by atoms with Crippen LogP contribution in [0.15, 0.2) is 94.8 Å². The zero-order valence-corrected chi connectivity index (χ0v) is 24.6. The van der Waals surface area contributed by atoms with E-state index < -0.39 is 17.3 Å². The number of hydrogen-bond acceptors (Lipinski definition) is 7. The molecule has 1 amide bonds. The molecule has 0 spiro atoms. The molecular formula is C33H30N4O4S. The van der Waals surface area contributed by atoms with Crippen LogP contribution < -0.4 is 24.7 Å². The summed E-state index contributed by atoms with van der Waals surface area (Å²) in [4.78, 5) is 43.4. The third-order valence-electron chi connectivity index (χ3n) is 7.64. The number of likely N-dealkylation sites (N-methyl/N-ethyl adjacent to an activating group) is 1. The van der Waals surface area contributed by atoms with Crippen molar-refractivity contribution in [2.24, 2.45) is 5.10 Å². The number of thiazole rings is 1. The zero-order chi connectivity index (χ0) is 29.6. The van der Waals surface area contributed by atoms with Crippen LogP contribution in [0.25, 0.3) is 17.0 Å². The quantitative estimate of drug-likeness (QED) is 0.335. The zero-order valence-electron chi connectivity index (χ0n) is 23.8. The number of hydrazone groups is 1. The van der Waals surface area contributed by atoms with Crippen molar-refractivity contribution in [1.82, 2.24) is 4.57 Å². The number of hydrogen-bond donors (Lipinski definition) is 0. The van der Waals surface area contributed by atoms with Crippen molar-refractivity contribution in [3.8, 4) is 5.69 Å². The van der Waals surface area contributed by atoms with Crippen molar-refractivity contribution in [3.05, 3.63) is 110 Å². The van der Waals surface area contributed by atoms with Gasteiger partial charge in [0, 0.05) is 18.2 Å². The van der Waals surface area contributed by atoms with Gasteiger partial charge in [0.05, 0.1) is 35.8 Å². The van der Waals surface area contributed by atoms with Gasteiger partial charge in [-0.1, -0.05) is 68.4 Å². The van der Waals surface area contributed by atoms with Gasteiger partial charge in [-0.25, -0.2) is 0 Å². The van der Waals surface area contributed by atoms with Crippen LogP contribution in [0.3, 0.4) is 0 Å². The summed E-state index contributed by atoms with van der Waals surface area (Å²) in [6.07, 6.45) is -0.206. The maximum absolute atomic E-state index is 14.5. The average Bonchev–Trinajstić information content (AvgIpc) is 3.55. The number of amides is 1. The predicted octanol–water partition coefficient (Wildman–Crippen LogP) is 3.94. The van der Waals surface area contributed by atoms with Crippen LogP contribution in [0.1, 0.15) is 32.8 Å². The number of aromatic nitrogens is 1. The minimum atomic E-state index is -0.497. The van der Waals surface area contributed by atoms with E-state index in [-0.39, 0.29) is 29.9 Å². The lowest BCUT2D eigenvalue weighted by molar-refractivity contribution is -0.141. The number of nitrogens with zero attached hydrogens (tertiary/aromatic N) is 4. The Morgan fingerprint density at radius 1 is 0.905 bits per heavy atom. The van der Waals surface area contributed by atoms with Gasteiger partial charge in [-0.05, 0) is 42.8 Å². The Hall–Kier alpha value is -4.76. The Morgan fingerprint density at radius 3 is 2.17 bits per heavy atom. The molecule has 42 heavy (non-hydrogen) atoms. The molecule has 1 aromatic heterocycles. The number of benzene rings is 3. The van der Waals surface area contributed by atoms with Gasteiger partial charge in [0.2, 0.25) is 0 Å². The molecule has 0 unspecified atom stereocenters. The molecule has 3 aromatic carbocycles. The molecule has 0 fully saturated rings. The van der Waals surface area contributed by atoms with Gasteiger partial charge in [0.1, 0.15) is 14.8 Å². The number of ether oxygens (including phenoxy) is 1. The number of anilines is 2. The van der Waals surface area contributed by atoms with Crippen molar-refractivity contribution in [2.45, 2.75) is 32.6 Å². The SMILES string of the molecule is CCOC(=O)CC1=NN(c2ccccc2)C(=O)C1=c1sc(=C2N(C)c3ccccc3C2(C)C)c(=O)n1-c1ccccc1. The van der Waals surface area contributed by atoms with Crippen molar-refractivity contribution >= 4 is 51.6 Å². The number of carbonyl (C=O) groups excluding carboxylic acids is 2. The Kier molecular flexibility index (Phi) is 6.90. The Balaban J connectivity index is 1.70. The molecule has 212 valence electrons. The lowest BCUT2D eigenvalue weighted by Gasteiger charge is -2.23. The highest BCUT2D eigenvalue weighted by molar-refractivity contribution is 7.08. The van der Waals surface area contributed by atoms with Crippen molar-refractivity contribution in [1.29, 1.82) is 0 Å². The monoisotopic (exact) mass is 578 g/mol. The van der Waals surface area contributed by atoms with Gasteiger partial charge in [-0.15, -0.1) is 11.3 Å². The van der Waals surface area contributed by atoms with E-state index >= 15 is 0 Å². The standard InChI is InChI=1S/C33H30N4O4S/c1-5-41-26(38)20-24-27(30(39)37(34-24)22-16-10-7-11-17-22)32-36(21-14-8-6-9-15-21)31(40)28(42-32)29-33(2,3)23-18-12-13-19-25(23)35(29)4/h6-19H,5,20H2,1-4H3. The van der Waals surface area contributed by atoms with E-state index in [1.54, 1.807) is 23.6 Å². The lowest BCUT2D eigenvalue weighted by atomic mass is 9.84. The first-order valence-electron chi connectivity index (χ1n) is 13.8. The van der Waals surface area contributed by atoms with E-state index in [0.29, 0.717) is 20.6 Å². The van der Waals surface area contributed by atoms with Crippen molar-refractivity contribution in [2.75, 3.05) is 23.6 Å². The highest BCUT2D eigenvalue weighted by Crippen LogP contribution is 2.47. The number of esters is 1. The summed E-state index contributed by atoms with van der Waals surface area (Å²) in [5.74, 6) is -0.909. The molecule has 6 rings (SSSR count). The fourth-order valence-electron chi connectivity index (χ4n) is 5.78.